The normalized spacial score (nSPS) is 11.0. The van der Waals surface area contributed by atoms with Crippen molar-refractivity contribution >= 4 is 34.3 Å². The van der Waals surface area contributed by atoms with Gasteiger partial charge in [-0.25, -0.2) is 14.4 Å². The summed E-state index contributed by atoms with van der Waals surface area (Å²) in [4.78, 5) is 8.63. The molecular formula is C17H15ClFN5. The molecule has 0 bridgehead atoms. The molecule has 0 spiro atoms. The van der Waals surface area contributed by atoms with Gasteiger partial charge in [0.2, 0.25) is 0 Å². The van der Waals surface area contributed by atoms with Crippen LogP contribution in [0.15, 0.2) is 24.5 Å². The third-order valence-corrected chi connectivity index (χ3v) is 4.03. The number of nitrogens with zero attached hydrogens (tertiary/aromatic N) is 4. The maximum Gasteiger partial charge on any atom is 0.163 e. The fourth-order valence-corrected chi connectivity index (χ4v) is 2.77. The summed E-state index contributed by atoms with van der Waals surface area (Å²) in [5.74, 6) is -0.0476. The molecule has 0 amide bonds. The monoisotopic (exact) mass is 343 g/mol. The Morgan fingerprint density at radius 3 is 2.75 bits per heavy atom. The minimum Gasteiger partial charge on any atom is -0.337 e. The fourth-order valence-electron chi connectivity index (χ4n) is 2.53. The lowest BCUT2D eigenvalue weighted by Crippen LogP contribution is -2.04. The van der Waals surface area contributed by atoms with E-state index in [4.69, 9.17) is 16.9 Å². The van der Waals surface area contributed by atoms with Crippen molar-refractivity contribution in [1.29, 1.82) is 5.26 Å². The number of nitrogens with one attached hydrogen (secondary N) is 1. The summed E-state index contributed by atoms with van der Waals surface area (Å²) in [5.41, 5.74) is 2.48. The van der Waals surface area contributed by atoms with Gasteiger partial charge in [-0.1, -0.05) is 25.4 Å². The van der Waals surface area contributed by atoms with Crippen molar-refractivity contribution < 1.29 is 4.39 Å². The number of pyridine rings is 1. The Kier molecular flexibility index (Phi) is 4.12. The van der Waals surface area contributed by atoms with Crippen molar-refractivity contribution in [2.24, 2.45) is 7.05 Å². The zero-order valence-corrected chi connectivity index (χ0v) is 14.2. The number of rotatable bonds is 3. The number of halogens is 2. The van der Waals surface area contributed by atoms with Gasteiger partial charge in [0.15, 0.2) is 5.65 Å². The average Bonchev–Trinajstić information content (AvgIpc) is 2.90. The highest BCUT2D eigenvalue weighted by molar-refractivity contribution is 6.35. The second-order valence-corrected chi connectivity index (χ2v) is 6.24. The largest absolute Gasteiger partial charge is 0.337 e. The van der Waals surface area contributed by atoms with E-state index in [0.717, 1.165) is 0 Å². The van der Waals surface area contributed by atoms with E-state index in [1.807, 2.05) is 27.0 Å². The Labute approximate surface area is 143 Å². The van der Waals surface area contributed by atoms with Crippen LogP contribution in [0.3, 0.4) is 0 Å². The number of aromatic nitrogens is 3. The molecule has 24 heavy (non-hydrogen) atoms. The first-order valence-electron chi connectivity index (χ1n) is 7.39. The van der Waals surface area contributed by atoms with Gasteiger partial charge in [0.1, 0.15) is 17.2 Å². The molecule has 0 radical (unpaired) electrons. The molecule has 1 aromatic carbocycles. The van der Waals surface area contributed by atoms with Crippen LogP contribution in [-0.2, 0) is 7.05 Å². The zero-order chi connectivity index (χ0) is 17.4. The first-order valence-corrected chi connectivity index (χ1v) is 7.76. The van der Waals surface area contributed by atoms with Crippen LogP contribution in [0.5, 0.6) is 0 Å². The Bertz CT molecular complexity index is 971. The Balaban J connectivity index is 2.12. The molecule has 0 aliphatic carbocycles. The molecule has 0 saturated carbocycles. The Morgan fingerprint density at radius 1 is 1.33 bits per heavy atom. The predicted molar refractivity (Wildman–Crippen MR) is 92.0 cm³/mol. The highest BCUT2D eigenvalue weighted by Crippen LogP contribution is 2.32. The first-order chi connectivity index (χ1) is 11.4. The van der Waals surface area contributed by atoms with E-state index in [0.29, 0.717) is 33.3 Å². The van der Waals surface area contributed by atoms with Crippen molar-refractivity contribution in [3.63, 3.8) is 0 Å². The molecule has 5 nitrogen and oxygen atoms in total. The van der Waals surface area contributed by atoms with E-state index in [9.17, 15) is 4.39 Å². The number of fused-ring (bicyclic) bond motifs is 1. The quantitative estimate of drug-likeness (QED) is 0.760. The van der Waals surface area contributed by atoms with Gasteiger partial charge in [0.05, 0.1) is 28.7 Å². The van der Waals surface area contributed by atoms with Crippen LogP contribution in [0.1, 0.15) is 30.9 Å². The van der Waals surface area contributed by atoms with Crippen LogP contribution in [0.2, 0.25) is 5.02 Å². The summed E-state index contributed by atoms with van der Waals surface area (Å²) in [5, 5.41) is 12.5. The lowest BCUT2D eigenvalue weighted by molar-refractivity contribution is 0.627. The predicted octanol–water partition coefficient (Wildman–Crippen LogP) is 4.50. The van der Waals surface area contributed by atoms with Gasteiger partial charge in [-0.05, 0) is 23.6 Å². The number of benzene rings is 1. The number of hydrogen-bond acceptors (Lipinski definition) is 4. The van der Waals surface area contributed by atoms with E-state index in [1.54, 1.807) is 23.0 Å². The zero-order valence-electron chi connectivity index (χ0n) is 13.4. The molecule has 1 N–H and O–H groups in total. The molecule has 0 unspecified atom stereocenters. The SMILES string of the molecule is CC(C)c1cc(C#N)cc(F)c1Nc1cc(Cl)c2ncn(C)c2n1. The summed E-state index contributed by atoms with van der Waals surface area (Å²) in [6.45, 7) is 3.87. The smallest absolute Gasteiger partial charge is 0.163 e. The molecule has 0 fully saturated rings. The number of imidazole rings is 1. The summed E-state index contributed by atoms with van der Waals surface area (Å²) in [6, 6.07) is 6.47. The first kappa shape index (κ1) is 16.2. The summed E-state index contributed by atoms with van der Waals surface area (Å²) >= 11 is 6.24. The summed E-state index contributed by atoms with van der Waals surface area (Å²) in [7, 11) is 1.81. The van der Waals surface area contributed by atoms with E-state index >= 15 is 0 Å². The van der Waals surface area contributed by atoms with Crippen molar-refractivity contribution in [1.82, 2.24) is 14.5 Å². The maximum absolute atomic E-state index is 14.5. The molecule has 3 aromatic rings. The number of nitriles is 1. The van der Waals surface area contributed by atoms with Crippen LogP contribution in [-0.4, -0.2) is 14.5 Å². The topological polar surface area (TPSA) is 66.5 Å². The third kappa shape index (κ3) is 2.79. The highest BCUT2D eigenvalue weighted by atomic mass is 35.5. The number of aryl methyl sites for hydroxylation is 1. The molecule has 0 aliphatic rings. The molecule has 0 atom stereocenters. The van der Waals surface area contributed by atoms with Gasteiger partial charge in [-0.3, -0.25) is 0 Å². The average molecular weight is 344 g/mol. The molecule has 2 heterocycles. The van der Waals surface area contributed by atoms with Gasteiger partial charge >= 0.3 is 0 Å². The van der Waals surface area contributed by atoms with Gasteiger partial charge < -0.3 is 9.88 Å². The number of anilines is 2. The lowest BCUT2D eigenvalue weighted by Gasteiger charge is -2.16. The molecule has 7 heteroatoms. The third-order valence-electron chi connectivity index (χ3n) is 3.75. The molecule has 122 valence electrons. The Morgan fingerprint density at radius 2 is 2.08 bits per heavy atom. The molecular weight excluding hydrogens is 329 g/mol. The van der Waals surface area contributed by atoms with Crippen molar-refractivity contribution in [2.45, 2.75) is 19.8 Å². The van der Waals surface area contributed by atoms with Crippen LogP contribution in [0.25, 0.3) is 11.2 Å². The van der Waals surface area contributed by atoms with E-state index in [-0.39, 0.29) is 11.5 Å². The highest BCUT2D eigenvalue weighted by Gasteiger charge is 2.16. The van der Waals surface area contributed by atoms with E-state index < -0.39 is 5.82 Å². The minimum absolute atomic E-state index is 0.0335. The van der Waals surface area contributed by atoms with Crippen LogP contribution in [0, 0.1) is 17.1 Å². The van der Waals surface area contributed by atoms with Gasteiger partial charge in [0.25, 0.3) is 0 Å². The summed E-state index contributed by atoms with van der Waals surface area (Å²) in [6.07, 6.45) is 1.62. The second-order valence-electron chi connectivity index (χ2n) is 5.83. The fraction of sp³-hybridized carbons (Fsp3) is 0.235. The van der Waals surface area contributed by atoms with Crippen molar-refractivity contribution in [2.75, 3.05) is 5.32 Å². The van der Waals surface area contributed by atoms with Gasteiger partial charge in [-0.2, -0.15) is 5.26 Å². The summed E-state index contributed by atoms with van der Waals surface area (Å²) < 4.78 is 16.2. The maximum atomic E-state index is 14.5. The van der Waals surface area contributed by atoms with Crippen molar-refractivity contribution in [3.8, 4) is 6.07 Å². The van der Waals surface area contributed by atoms with Crippen LogP contribution >= 0.6 is 11.6 Å². The molecule has 0 saturated heterocycles. The standard InChI is InChI=1S/C17H15ClFN5/c1-9(2)11-4-10(7-20)5-13(19)15(11)22-14-6-12(18)16-17(23-14)24(3)8-21-16/h4-6,8-9H,1-3H3,(H,22,23). The van der Waals surface area contributed by atoms with E-state index in [2.05, 4.69) is 15.3 Å². The molecule has 3 rings (SSSR count). The van der Waals surface area contributed by atoms with Crippen LogP contribution < -0.4 is 5.32 Å². The number of hydrogen-bond donors (Lipinski definition) is 1. The second kappa shape index (κ2) is 6.10. The van der Waals surface area contributed by atoms with Crippen LogP contribution in [0.4, 0.5) is 15.9 Å². The lowest BCUT2D eigenvalue weighted by atomic mass is 9.98. The molecule has 0 aliphatic heterocycles. The van der Waals surface area contributed by atoms with E-state index in [1.165, 1.54) is 6.07 Å². The van der Waals surface area contributed by atoms with Gasteiger partial charge in [0, 0.05) is 13.1 Å². The minimum atomic E-state index is -0.499. The van der Waals surface area contributed by atoms with Gasteiger partial charge in [-0.15, -0.1) is 0 Å². The Hall–Kier alpha value is -2.65. The molecule has 2 aromatic heterocycles. The van der Waals surface area contributed by atoms with Crippen molar-refractivity contribution in [3.05, 3.63) is 46.5 Å².